The normalized spacial score (nSPS) is 20.6. The van der Waals surface area contributed by atoms with Crippen LogP contribution in [-0.2, 0) is 9.53 Å². The molecule has 0 aliphatic heterocycles. The number of hydrogen-bond donors (Lipinski definition) is 1. The Morgan fingerprint density at radius 1 is 1.27 bits per heavy atom. The van der Waals surface area contributed by atoms with Crippen molar-refractivity contribution in [3.8, 4) is 0 Å². The molecule has 1 N–H and O–H groups in total. The summed E-state index contributed by atoms with van der Waals surface area (Å²) in [6.07, 6.45) is -3.08. The van der Waals surface area contributed by atoms with Gasteiger partial charge >= 0.3 is 5.97 Å². The van der Waals surface area contributed by atoms with E-state index in [0.717, 1.165) is 0 Å². The summed E-state index contributed by atoms with van der Waals surface area (Å²) in [5.74, 6) is -1.38. The zero-order valence-electron chi connectivity index (χ0n) is 20.5. The highest BCUT2D eigenvalue weighted by atomic mass is 16.5. The average Bonchev–Trinajstić information content (AvgIpc) is 2.71. The fourth-order valence-corrected chi connectivity index (χ4v) is 1.86. The van der Waals surface area contributed by atoms with Gasteiger partial charge in [0.25, 0.3) is 0 Å². The molecule has 0 radical (unpaired) electrons. The summed E-state index contributed by atoms with van der Waals surface area (Å²) in [5, 5.41) is 2.68. The van der Waals surface area contributed by atoms with Crippen molar-refractivity contribution in [1.29, 1.82) is 0 Å². The molecule has 0 aliphatic rings. The molecule has 2 rings (SSSR count). The van der Waals surface area contributed by atoms with Gasteiger partial charge in [-0.05, 0) is 25.0 Å². The highest BCUT2D eigenvalue weighted by Gasteiger charge is 2.19. The number of nitrogens with one attached hydrogen (secondary N) is 1. The second-order valence-corrected chi connectivity index (χ2v) is 4.50. The van der Waals surface area contributed by atoms with Crippen molar-refractivity contribution in [2.75, 3.05) is 6.61 Å². The van der Waals surface area contributed by atoms with Crippen LogP contribution < -0.4 is 5.32 Å². The van der Waals surface area contributed by atoms with Crippen LogP contribution in [0.1, 0.15) is 54.4 Å². The van der Waals surface area contributed by atoms with Crippen molar-refractivity contribution < 1.29 is 20.5 Å². The van der Waals surface area contributed by atoms with Crippen molar-refractivity contribution in [1.82, 2.24) is 5.32 Å². The first kappa shape index (κ1) is 8.49. The molecule has 0 fully saturated rings. The topological polar surface area (TPSA) is 38.3 Å². The van der Waals surface area contributed by atoms with Crippen LogP contribution in [0.3, 0.4) is 0 Å². The maximum Gasteiger partial charge on any atom is 0.307 e. The molecule has 0 saturated heterocycles. The van der Waals surface area contributed by atoms with Crippen LogP contribution in [0.4, 0.5) is 0 Å². The minimum atomic E-state index is -3.08. The Bertz CT molecular complexity index is 909. The van der Waals surface area contributed by atoms with Gasteiger partial charge in [0.2, 0.25) is 0 Å². The third-order valence-corrected chi connectivity index (χ3v) is 2.91. The van der Waals surface area contributed by atoms with E-state index >= 15 is 0 Å². The first-order valence-electron chi connectivity index (χ1n) is 11.0. The molecule has 0 aromatic heterocycles. The van der Waals surface area contributed by atoms with Gasteiger partial charge < -0.3 is 10.1 Å². The molecule has 0 amide bonds. The van der Waals surface area contributed by atoms with Crippen LogP contribution in [0.2, 0.25) is 0 Å². The van der Waals surface area contributed by atoms with E-state index in [1.165, 1.54) is 6.92 Å². The summed E-state index contributed by atoms with van der Waals surface area (Å²) in [5.41, 5.74) is -0.0181. The summed E-state index contributed by atoms with van der Waals surface area (Å²) in [6, 6.07) is 1.59. The molecule has 3 heteroatoms. The van der Waals surface area contributed by atoms with Crippen molar-refractivity contribution in [3.63, 3.8) is 0 Å². The van der Waals surface area contributed by atoms with Gasteiger partial charge in [0.1, 0.15) is 0 Å². The monoisotopic (exact) mass is 305 g/mol. The zero-order chi connectivity index (χ0) is 22.9. The fraction of sp³-hybridized carbons (Fsp3) is 0.316. The van der Waals surface area contributed by atoms with E-state index in [1.807, 2.05) is 0 Å². The zero-order valence-corrected chi connectivity index (χ0v) is 12.5. The fourth-order valence-electron chi connectivity index (χ4n) is 1.86. The Morgan fingerprint density at radius 3 is 2.59 bits per heavy atom. The standard InChI is InChI=1S/C19H23NO2/c1-3-22-19(21)14-18(17-12-8-5-9-13-17)20-15(2)16-10-6-4-7-11-16/h4-13,15,18,20H,3,14H2,1-2H3/t15-,18+/m1/s1/i5D,8D,9D,12D,13D,14D2,18D. The van der Waals surface area contributed by atoms with E-state index in [9.17, 15) is 4.79 Å². The second kappa shape index (κ2) is 8.35. The summed E-state index contributed by atoms with van der Waals surface area (Å²) in [4.78, 5) is 12.5. The average molecular weight is 305 g/mol. The molecule has 3 nitrogen and oxygen atoms in total. The predicted molar refractivity (Wildman–Crippen MR) is 88.4 cm³/mol. The Labute approximate surface area is 143 Å². The van der Waals surface area contributed by atoms with Gasteiger partial charge in [0.15, 0.2) is 0 Å². The molecular weight excluding hydrogens is 274 g/mol. The van der Waals surface area contributed by atoms with Crippen LogP contribution in [0.5, 0.6) is 0 Å². The van der Waals surface area contributed by atoms with E-state index in [-0.39, 0.29) is 6.61 Å². The molecule has 0 bridgehead atoms. The van der Waals surface area contributed by atoms with E-state index in [0.29, 0.717) is 5.56 Å². The SMILES string of the molecule is [2H]c1c([2H])c([2H])c([C@@]([2H])(N[C@H](C)c2ccccc2)C([2H])([2H])C(=O)OCC)c([2H])c1[2H]. The van der Waals surface area contributed by atoms with Crippen LogP contribution in [-0.4, -0.2) is 12.6 Å². The first-order valence-corrected chi connectivity index (χ1v) is 6.97. The summed E-state index contributed by atoms with van der Waals surface area (Å²) in [6.45, 7) is 2.95. The number of ether oxygens (including phenoxy) is 1. The lowest BCUT2D eigenvalue weighted by Crippen LogP contribution is -2.27. The molecule has 0 aliphatic carbocycles. The molecule has 2 aromatic carbocycles. The van der Waals surface area contributed by atoms with Crippen molar-refractivity contribution >= 4 is 5.97 Å². The highest BCUT2D eigenvalue weighted by Crippen LogP contribution is 2.22. The molecule has 0 saturated carbocycles. The van der Waals surface area contributed by atoms with E-state index in [4.69, 9.17) is 15.7 Å². The number of carbonyl (C=O) groups is 1. The van der Waals surface area contributed by atoms with Crippen molar-refractivity contribution in [3.05, 3.63) is 71.7 Å². The Hall–Kier alpha value is -2.13. The van der Waals surface area contributed by atoms with Crippen LogP contribution in [0, 0.1) is 0 Å². The Balaban J connectivity index is 2.77. The number of benzene rings is 2. The predicted octanol–water partition coefficient (Wildman–Crippen LogP) is 4.03. The molecule has 116 valence electrons. The van der Waals surface area contributed by atoms with Crippen LogP contribution >= 0.6 is 0 Å². The lowest BCUT2D eigenvalue weighted by molar-refractivity contribution is -0.143. The van der Waals surface area contributed by atoms with Gasteiger partial charge in [-0.1, -0.05) is 60.5 Å². The molecule has 0 spiro atoms. The quantitative estimate of drug-likeness (QED) is 0.785. The number of esters is 1. The lowest BCUT2D eigenvalue weighted by atomic mass is 10.0. The first-order chi connectivity index (χ1) is 13.9. The number of carbonyl (C=O) groups excluding carboxylic acids is 1. The third kappa shape index (κ3) is 4.71. The lowest BCUT2D eigenvalue weighted by Gasteiger charge is -2.23. The molecule has 0 heterocycles. The van der Waals surface area contributed by atoms with Gasteiger partial charge in [-0.15, -0.1) is 0 Å². The van der Waals surface area contributed by atoms with E-state index < -0.39 is 60.2 Å². The smallest absolute Gasteiger partial charge is 0.307 e. The van der Waals surface area contributed by atoms with Crippen LogP contribution in [0.25, 0.3) is 0 Å². The number of rotatable bonds is 7. The summed E-state index contributed by atoms with van der Waals surface area (Å²) in [7, 11) is 0. The summed E-state index contributed by atoms with van der Waals surface area (Å²) < 4.78 is 70.5. The van der Waals surface area contributed by atoms with Gasteiger partial charge in [0, 0.05) is 14.8 Å². The number of hydrogen-bond acceptors (Lipinski definition) is 3. The molecule has 0 unspecified atom stereocenters. The Morgan fingerprint density at radius 2 is 1.95 bits per heavy atom. The largest absolute Gasteiger partial charge is 0.466 e. The van der Waals surface area contributed by atoms with Gasteiger partial charge in [0.05, 0.1) is 21.2 Å². The molecular formula is C19H23NO2. The minimum absolute atomic E-state index is 0.150. The molecule has 2 atom stereocenters. The van der Waals surface area contributed by atoms with Gasteiger partial charge in [-0.25, -0.2) is 0 Å². The van der Waals surface area contributed by atoms with Crippen LogP contribution in [0.15, 0.2) is 60.5 Å². The van der Waals surface area contributed by atoms with Crippen molar-refractivity contribution in [2.45, 2.75) is 32.3 Å². The Kier molecular flexibility index (Phi) is 3.22. The molecule has 2 aromatic rings. The maximum atomic E-state index is 12.5. The highest BCUT2D eigenvalue weighted by molar-refractivity contribution is 5.70. The van der Waals surface area contributed by atoms with Crippen molar-refractivity contribution in [2.24, 2.45) is 0 Å². The maximum absolute atomic E-state index is 12.5. The van der Waals surface area contributed by atoms with Gasteiger partial charge in [-0.3, -0.25) is 4.79 Å². The third-order valence-electron chi connectivity index (χ3n) is 2.91. The second-order valence-electron chi connectivity index (χ2n) is 4.50. The molecule has 22 heavy (non-hydrogen) atoms. The van der Waals surface area contributed by atoms with E-state index in [1.54, 1.807) is 37.3 Å². The minimum Gasteiger partial charge on any atom is -0.466 e. The summed E-state index contributed by atoms with van der Waals surface area (Å²) >= 11 is 0. The van der Waals surface area contributed by atoms with Gasteiger partial charge in [-0.2, -0.15) is 0 Å². The van der Waals surface area contributed by atoms with E-state index in [2.05, 4.69) is 5.32 Å².